The number of nitrogens with zero attached hydrogens (tertiary/aromatic N) is 1. The van der Waals surface area contributed by atoms with Crippen LogP contribution in [-0.4, -0.2) is 41.0 Å². The first-order valence-corrected chi connectivity index (χ1v) is 7.56. The van der Waals surface area contributed by atoms with E-state index in [1.165, 1.54) is 4.90 Å². The molecule has 1 fully saturated rings. The number of nitrogens with one attached hydrogen (secondary N) is 1. The van der Waals surface area contributed by atoms with Crippen LogP contribution in [0.4, 0.5) is 17.6 Å². The number of amides is 1. The number of thiocarbonyl (C=S) groups is 1. The molecule has 0 aliphatic carbocycles. The van der Waals surface area contributed by atoms with Gasteiger partial charge in [0, 0.05) is 18.7 Å². The standard InChI is InChI=1S/C15H14F4N2O2S/c16-11-5-3-9(4-6-11)12(22)13(23)20-14(24)21-7-1-2-10(8-21)15(17,18)19/h3-6,10H,1-2,7-8H2,(H,20,23,24)/t10-/m1/s1. The van der Waals surface area contributed by atoms with Crippen molar-refractivity contribution in [1.29, 1.82) is 0 Å². The second-order valence-corrected chi connectivity index (χ2v) is 5.81. The van der Waals surface area contributed by atoms with E-state index in [0.29, 0.717) is 0 Å². The SMILES string of the molecule is O=C(NC(=S)N1CCC[C@@H](C(F)(F)F)C1)C(=O)c1ccc(F)cc1. The lowest BCUT2D eigenvalue weighted by atomic mass is 9.98. The fraction of sp³-hybridized carbons (Fsp3) is 0.400. The lowest BCUT2D eigenvalue weighted by molar-refractivity contribution is -0.183. The van der Waals surface area contributed by atoms with Gasteiger partial charge in [-0.1, -0.05) is 0 Å². The van der Waals surface area contributed by atoms with E-state index in [1.54, 1.807) is 0 Å². The van der Waals surface area contributed by atoms with Crippen LogP contribution in [0.15, 0.2) is 24.3 Å². The predicted octanol–water partition coefficient (Wildman–Crippen LogP) is 2.68. The number of carbonyl (C=O) groups is 2. The van der Waals surface area contributed by atoms with Crippen LogP contribution in [-0.2, 0) is 4.79 Å². The monoisotopic (exact) mass is 362 g/mol. The summed E-state index contributed by atoms with van der Waals surface area (Å²) >= 11 is 4.93. The molecule has 0 spiro atoms. The average molecular weight is 362 g/mol. The Morgan fingerprint density at radius 2 is 1.83 bits per heavy atom. The first-order valence-electron chi connectivity index (χ1n) is 7.15. The fourth-order valence-electron chi connectivity index (χ4n) is 2.39. The highest BCUT2D eigenvalue weighted by molar-refractivity contribution is 7.80. The molecule has 24 heavy (non-hydrogen) atoms. The van der Waals surface area contributed by atoms with Gasteiger partial charge in [-0.25, -0.2) is 4.39 Å². The molecule has 0 aromatic heterocycles. The van der Waals surface area contributed by atoms with E-state index in [9.17, 15) is 27.2 Å². The summed E-state index contributed by atoms with van der Waals surface area (Å²) in [7, 11) is 0. The van der Waals surface area contributed by atoms with Crippen molar-refractivity contribution >= 4 is 29.0 Å². The Bertz CT molecular complexity index is 646. The van der Waals surface area contributed by atoms with Crippen molar-refractivity contribution in [1.82, 2.24) is 10.2 Å². The second-order valence-electron chi connectivity index (χ2n) is 5.42. The van der Waals surface area contributed by atoms with E-state index in [4.69, 9.17) is 12.2 Å². The van der Waals surface area contributed by atoms with Gasteiger partial charge in [0.1, 0.15) is 5.82 Å². The van der Waals surface area contributed by atoms with Crippen LogP contribution in [0.2, 0.25) is 0 Å². The fourth-order valence-corrected chi connectivity index (χ4v) is 2.65. The Morgan fingerprint density at radius 1 is 1.21 bits per heavy atom. The van der Waals surface area contributed by atoms with Crippen molar-refractivity contribution in [3.63, 3.8) is 0 Å². The summed E-state index contributed by atoms with van der Waals surface area (Å²) in [6, 6.07) is 4.33. The molecule has 0 saturated carbocycles. The zero-order chi connectivity index (χ0) is 17.9. The average Bonchev–Trinajstić information content (AvgIpc) is 2.54. The Morgan fingerprint density at radius 3 is 2.42 bits per heavy atom. The summed E-state index contributed by atoms with van der Waals surface area (Å²) in [5.74, 6) is -4.09. The van der Waals surface area contributed by atoms with Crippen LogP contribution < -0.4 is 5.32 Å². The van der Waals surface area contributed by atoms with Gasteiger partial charge in [-0.15, -0.1) is 0 Å². The number of hydrogen-bond donors (Lipinski definition) is 1. The number of ketones is 1. The molecule has 1 saturated heterocycles. The molecule has 1 aromatic carbocycles. The highest BCUT2D eigenvalue weighted by atomic mass is 32.1. The number of halogens is 4. The van der Waals surface area contributed by atoms with E-state index in [2.05, 4.69) is 5.32 Å². The molecule has 1 heterocycles. The molecule has 1 amide bonds. The van der Waals surface area contributed by atoms with Crippen LogP contribution in [0.1, 0.15) is 23.2 Å². The van der Waals surface area contributed by atoms with Gasteiger partial charge in [-0.2, -0.15) is 13.2 Å². The van der Waals surface area contributed by atoms with Crippen molar-refractivity contribution in [2.45, 2.75) is 19.0 Å². The number of carbonyl (C=O) groups excluding carboxylic acids is 2. The third kappa shape index (κ3) is 4.50. The van der Waals surface area contributed by atoms with Gasteiger partial charge in [-0.3, -0.25) is 14.9 Å². The van der Waals surface area contributed by atoms with Crippen molar-refractivity contribution in [2.24, 2.45) is 5.92 Å². The van der Waals surface area contributed by atoms with Gasteiger partial charge >= 0.3 is 6.18 Å². The summed E-state index contributed by atoms with van der Waals surface area (Å²) in [6.07, 6.45) is -4.04. The van der Waals surface area contributed by atoms with Gasteiger partial charge in [0.15, 0.2) is 5.11 Å². The van der Waals surface area contributed by atoms with E-state index in [1.807, 2.05) is 0 Å². The number of benzene rings is 1. The zero-order valence-electron chi connectivity index (χ0n) is 12.4. The first kappa shape index (κ1) is 18.3. The third-order valence-corrected chi connectivity index (χ3v) is 4.06. The molecule has 1 atom stereocenters. The van der Waals surface area contributed by atoms with Crippen molar-refractivity contribution < 1.29 is 27.2 Å². The third-order valence-electron chi connectivity index (χ3n) is 3.70. The van der Waals surface area contributed by atoms with Crippen molar-refractivity contribution in [3.8, 4) is 0 Å². The van der Waals surface area contributed by atoms with Crippen LogP contribution in [0, 0.1) is 11.7 Å². The quantitative estimate of drug-likeness (QED) is 0.380. The van der Waals surface area contributed by atoms with Crippen molar-refractivity contribution in [3.05, 3.63) is 35.6 Å². The Hall–Kier alpha value is -2.03. The number of piperidine rings is 1. The highest BCUT2D eigenvalue weighted by Crippen LogP contribution is 2.33. The summed E-state index contributed by atoms with van der Waals surface area (Å²) in [5.41, 5.74) is -0.0384. The molecule has 0 unspecified atom stereocenters. The lowest BCUT2D eigenvalue weighted by Crippen LogP contribution is -2.50. The predicted molar refractivity (Wildman–Crippen MR) is 81.8 cm³/mol. The zero-order valence-corrected chi connectivity index (χ0v) is 13.2. The molecule has 1 N–H and O–H groups in total. The normalized spacial score (nSPS) is 18.2. The van der Waals surface area contributed by atoms with Gasteiger partial charge in [0.05, 0.1) is 5.92 Å². The Labute approximate surface area is 140 Å². The van der Waals surface area contributed by atoms with Gasteiger partial charge in [0.25, 0.3) is 11.7 Å². The minimum atomic E-state index is -4.33. The molecule has 2 rings (SSSR count). The highest BCUT2D eigenvalue weighted by Gasteiger charge is 2.42. The van der Waals surface area contributed by atoms with Gasteiger partial charge in [0.2, 0.25) is 0 Å². The molecule has 130 valence electrons. The number of hydrogen-bond acceptors (Lipinski definition) is 3. The lowest BCUT2D eigenvalue weighted by Gasteiger charge is -2.35. The van der Waals surface area contributed by atoms with Crippen molar-refractivity contribution in [2.75, 3.05) is 13.1 Å². The largest absolute Gasteiger partial charge is 0.393 e. The maximum Gasteiger partial charge on any atom is 0.393 e. The van der Waals surface area contributed by atoms with E-state index in [0.717, 1.165) is 24.3 Å². The molecular weight excluding hydrogens is 348 g/mol. The van der Waals surface area contributed by atoms with Crippen LogP contribution >= 0.6 is 12.2 Å². The molecule has 1 aliphatic heterocycles. The molecule has 0 bridgehead atoms. The van der Waals surface area contributed by atoms with Gasteiger partial charge < -0.3 is 4.90 Å². The summed E-state index contributed by atoms with van der Waals surface area (Å²) in [6.45, 7) is -0.0796. The van der Waals surface area contributed by atoms with E-state index < -0.39 is 29.6 Å². The number of likely N-dealkylation sites (tertiary alicyclic amines) is 1. The minimum absolute atomic E-state index is 0.00503. The number of rotatable bonds is 2. The Balaban J connectivity index is 1.97. The topological polar surface area (TPSA) is 49.4 Å². The molecule has 4 nitrogen and oxygen atoms in total. The molecule has 1 aromatic rings. The summed E-state index contributed by atoms with van der Waals surface area (Å²) < 4.78 is 51.1. The maximum absolute atomic E-state index is 12.8. The van der Waals surface area contributed by atoms with Gasteiger partial charge in [-0.05, 0) is 49.3 Å². The number of Topliss-reactive ketones (excluding diaryl/α,β-unsaturated/α-hetero) is 1. The van der Waals surface area contributed by atoms with E-state index in [-0.39, 0.29) is 36.6 Å². The Kier molecular flexibility index (Phi) is 5.53. The summed E-state index contributed by atoms with van der Waals surface area (Å²) in [4.78, 5) is 25.0. The smallest absolute Gasteiger partial charge is 0.348 e. The van der Waals surface area contributed by atoms with Crippen LogP contribution in [0.25, 0.3) is 0 Å². The molecular formula is C15H14F4N2O2S. The summed E-state index contributed by atoms with van der Waals surface area (Å²) in [5, 5.41) is 1.92. The molecule has 0 radical (unpaired) electrons. The van der Waals surface area contributed by atoms with Crippen LogP contribution in [0.3, 0.4) is 0 Å². The number of alkyl halides is 3. The first-order chi connectivity index (χ1) is 11.2. The second kappa shape index (κ2) is 7.25. The molecule has 9 heteroatoms. The minimum Gasteiger partial charge on any atom is -0.348 e. The molecule has 1 aliphatic rings. The van der Waals surface area contributed by atoms with Crippen LogP contribution in [0.5, 0.6) is 0 Å². The van der Waals surface area contributed by atoms with E-state index >= 15 is 0 Å². The maximum atomic E-state index is 12.8.